The molecule has 3 heteroatoms. The van der Waals surface area contributed by atoms with Crippen molar-refractivity contribution in [3.8, 4) is 0 Å². The molecule has 3 nitrogen and oxygen atoms in total. The molecule has 0 heterocycles. The molecule has 0 rings (SSSR count). The van der Waals surface area contributed by atoms with E-state index in [0.29, 0.717) is 0 Å². The zero-order valence-electron chi connectivity index (χ0n) is 5.90. The second kappa shape index (κ2) is 15.6. The van der Waals surface area contributed by atoms with Gasteiger partial charge in [0.1, 0.15) is 0 Å². The Morgan fingerprint density at radius 1 is 1.20 bits per heavy atom. The second-order valence-corrected chi connectivity index (χ2v) is 1.14. The molecule has 0 aliphatic rings. The van der Waals surface area contributed by atoms with Crippen LogP contribution in [-0.4, -0.2) is 6.72 Å². The fourth-order valence-electron chi connectivity index (χ4n) is 0.139. The zero-order chi connectivity index (χ0) is 8.24. The highest BCUT2D eigenvalue weighted by molar-refractivity contribution is 5.25. The fourth-order valence-corrected chi connectivity index (χ4v) is 0.139. The Kier molecular flexibility index (Phi) is 17.7. The number of hydrogen-bond acceptors (Lipinski definition) is 3. The van der Waals surface area contributed by atoms with Gasteiger partial charge in [0.25, 0.3) is 0 Å². The molecule has 0 aromatic rings. The van der Waals surface area contributed by atoms with Crippen LogP contribution in [0.25, 0.3) is 0 Å². The maximum atomic E-state index is 4.89. The van der Waals surface area contributed by atoms with E-state index in [1.165, 1.54) is 18.6 Å². The number of allylic oxidation sites excluding steroid dienone is 2. The SMILES string of the molecule is C=C/C=C/N.C=N/C=C/N. The van der Waals surface area contributed by atoms with Crippen LogP contribution in [-0.2, 0) is 0 Å². The van der Waals surface area contributed by atoms with Crippen molar-refractivity contribution in [3.63, 3.8) is 0 Å². The minimum Gasteiger partial charge on any atom is -0.405 e. The number of hydrogen-bond donors (Lipinski definition) is 2. The van der Waals surface area contributed by atoms with Crippen molar-refractivity contribution in [1.29, 1.82) is 0 Å². The maximum Gasteiger partial charge on any atom is 0.0415 e. The van der Waals surface area contributed by atoms with E-state index in [4.69, 9.17) is 11.5 Å². The molecule has 0 aromatic heterocycles. The summed E-state index contributed by atoms with van der Waals surface area (Å²) in [7, 11) is 0. The third-order valence-electron chi connectivity index (χ3n) is 0.439. The van der Waals surface area contributed by atoms with Crippen molar-refractivity contribution >= 4 is 6.72 Å². The summed E-state index contributed by atoms with van der Waals surface area (Å²) in [6.07, 6.45) is 7.47. The van der Waals surface area contributed by atoms with Crippen LogP contribution >= 0.6 is 0 Å². The molecule has 56 valence electrons. The smallest absolute Gasteiger partial charge is 0.0415 e. The van der Waals surface area contributed by atoms with Gasteiger partial charge in [-0.25, -0.2) is 0 Å². The molecule has 4 N–H and O–H groups in total. The van der Waals surface area contributed by atoms with Gasteiger partial charge in [0.2, 0.25) is 0 Å². The molecule has 0 amide bonds. The van der Waals surface area contributed by atoms with Crippen molar-refractivity contribution in [1.82, 2.24) is 0 Å². The molecule has 10 heavy (non-hydrogen) atoms. The van der Waals surface area contributed by atoms with Crippen LogP contribution in [0.5, 0.6) is 0 Å². The monoisotopic (exact) mass is 139 g/mol. The number of aliphatic imine (C=N–C) groups is 1. The predicted molar refractivity (Wildman–Crippen MR) is 46.4 cm³/mol. The average Bonchev–Trinajstić information content (AvgIpc) is 1.93. The van der Waals surface area contributed by atoms with Gasteiger partial charge in [-0.05, 0) is 19.0 Å². The molecule has 0 aliphatic carbocycles. The lowest BCUT2D eigenvalue weighted by Crippen LogP contribution is -1.71. The third kappa shape index (κ3) is 31.5. The fraction of sp³-hybridized carbons (Fsp3) is 0. The summed E-state index contributed by atoms with van der Waals surface area (Å²) in [5.41, 5.74) is 9.71. The van der Waals surface area contributed by atoms with E-state index in [2.05, 4.69) is 18.3 Å². The summed E-state index contributed by atoms with van der Waals surface area (Å²) in [6, 6.07) is 0. The van der Waals surface area contributed by atoms with E-state index < -0.39 is 0 Å². The van der Waals surface area contributed by atoms with E-state index in [1.54, 1.807) is 12.2 Å². The first-order valence-electron chi connectivity index (χ1n) is 2.65. The lowest BCUT2D eigenvalue weighted by molar-refractivity contribution is 1.51. The normalized spacial score (nSPS) is 8.80. The van der Waals surface area contributed by atoms with Crippen molar-refractivity contribution in [3.05, 3.63) is 37.3 Å². The molecule has 0 unspecified atom stereocenters. The van der Waals surface area contributed by atoms with Gasteiger partial charge in [0.15, 0.2) is 0 Å². The highest BCUT2D eigenvalue weighted by atomic mass is 14.7. The minimum atomic E-state index is 1.33. The van der Waals surface area contributed by atoms with Crippen molar-refractivity contribution in [2.24, 2.45) is 16.5 Å². The van der Waals surface area contributed by atoms with Crippen LogP contribution in [0, 0.1) is 0 Å². The van der Waals surface area contributed by atoms with Gasteiger partial charge in [-0.2, -0.15) is 0 Å². The Labute approximate surface area is 61.4 Å². The van der Waals surface area contributed by atoms with Crippen LogP contribution < -0.4 is 11.5 Å². The highest BCUT2D eigenvalue weighted by Gasteiger charge is 1.41. The van der Waals surface area contributed by atoms with E-state index in [0.717, 1.165) is 0 Å². The van der Waals surface area contributed by atoms with Gasteiger partial charge in [0, 0.05) is 12.4 Å². The van der Waals surface area contributed by atoms with Gasteiger partial charge < -0.3 is 11.5 Å². The molecule has 0 fully saturated rings. The van der Waals surface area contributed by atoms with Gasteiger partial charge in [-0.1, -0.05) is 12.7 Å². The van der Waals surface area contributed by atoms with Gasteiger partial charge in [0.05, 0.1) is 0 Å². The molecular formula is C7H13N3. The molecule has 0 saturated carbocycles. The Balaban J connectivity index is 0. The first kappa shape index (κ1) is 11.3. The van der Waals surface area contributed by atoms with E-state index in [9.17, 15) is 0 Å². The second-order valence-electron chi connectivity index (χ2n) is 1.14. The summed E-state index contributed by atoms with van der Waals surface area (Å²) in [4.78, 5) is 3.30. The van der Waals surface area contributed by atoms with Crippen LogP contribution in [0.1, 0.15) is 0 Å². The van der Waals surface area contributed by atoms with Crippen LogP contribution in [0.2, 0.25) is 0 Å². The summed E-state index contributed by atoms with van der Waals surface area (Å²) >= 11 is 0. The van der Waals surface area contributed by atoms with Crippen molar-refractivity contribution in [2.45, 2.75) is 0 Å². The van der Waals surface area contributed by atoms with Crippen LogP contribution in [0.3, 0.4) is 0 Å². The van der Waals surface area contributed by atoms with Crippen molar-refractivity contribution in [2.75, 3.05) is 0 Å². The minimum absolute atomic E-state index is 1.33. The molecule has 0 atom stereocenters. The van der Waals surface area contributed by atoms with Crippen LogP contribution in [0.4, 0.5) is 0 Å². The predicted octanol–water partition coefficient (Wildman–Crippen LogP) is 0.762. The number of nitrogens with two attached hydrogens (primary N) is 2. The molecular weight excluding hydrogens is 126 g/mol. The summed E-state index contributed by atoms with van der Waals surface area (Å²) < 4.78 is 0. The quantitative estimate of drug-likeness (QED) is 0.438. The number of nitrogens with zero attached hydrogens (tertiary/aromatic N) is 1. The zero-order valence-corrected chi connectivity index (χ0v) is 5.90. The maximum absolute atomic E-state index is 4.89. The molecule has 0 aliphatic heterocycles. The Morgan fingerprint density at radius 2 is 1.80 bits per heavy atom. The summed E-state index contributed by atoms with van der Waals surface area (Å²) in [6.45, 7) is 6.52. The topological polar surface area (TPSA) is 64.4 Å². The molecule has 0 saturated heterocycles. The number of rotatable bonds is 2. The summed E-state index contributed by atoms with van der Waals surface area (Å²) in [5.74, 6) is 0. The Bertz CT molecular complexity index is 109. The molecule has 0 bridgehead atoms. The van der Waals surface area contributed by atoms with Crippen LogP contribution in [0.15, 0.2) is 42.3 Å². The van der Waals surface area contributed by atoms with E-state index >= 15 is 0 Å². The Morgan fingerprint density at radius 3 is 1.80 bits per heavy atom. The highest BCUT2D eigenvalue weighted by Crippen LogP contribution is 1.58. The van der Waals surface area contributed by atoms with Crippen molar-refractivity contribution < 1.29 is 0 Å². The third-order valence-corrected chi connectivity index (χ3v) is 0.439. The first-order chi connectivity index (χ1) is 4.83. The van der Waals surface area contributed by atoms with Gasteiger partial charge in [-0.15, -0.1) is 0 Å². The largest absolute Gasteiger partial charge is 0.405 e. The van der Waals surface area contributed by atoms with E-state index in [-0.39, 0.29) is 0 Å². The van der Waals surface area contributed by atoms with Gasteiger partial charge in [-0.3, -0.25) is 4.99 Å². The standard InChI is InChI=1S/C4H7N.C3H6N2/c1-2-3-4-5;1-5-3-2-4/h2-4H,1,5H2;2-3H,1,4H2/b4-3+;3-2+. The first-order valence-corrected chi connectivity index (χ1v) is 2.65. The lowest BCUT2D eigenvalue weighted by Gasteiger charge is -1.60. The molecule has 0 radical (unpaired) electrons. The van der Waals surface area contributed by atoms with Gasteiger partial charge >= 0.3 is 0 Å². The average molecular weight is 139 g/mol. The lowest BCUT2D eigenvalue weighted by atomic mass is 10.6. The molecule has 0 aromatic carbocycles. The Hall–Kier alpha value is -1.51. The summed E-state index contributed by atoms with van der Waals surface area (Å²) in [5, 5.41) is 0. The molecule has 0 spiro atoms. The van der Waals surface area contributed by atoms with E-state index in [1.807, 2.05) is 0 Å².